The SMILES string of the molecule is CC(C)NC(=O)c1cn(C[C@@H]2C[C@H](F)CN2S(=O)(=O)Cc2cccc(F)c2)nn1. The van der Waals surface area contributed by atoms with Crippen molar-refractivity contribution < 1.29 is 22.0 Å². The predicted molar refractivity (Wildman–Crippen MR) is 102 cm³/mol. The van der Waals surface area contributed by atoms with Gasteiger partial charge in [0.15, 0.2) is 5.69 Å². The fourth-order valence-corrected chi connectivity index (χ4v) is 5.06. The molecule has 2 aromatic rings. The fraction of sp³-hybridized carbons (Fsp3) is 0.500. The number of rotatable bonds is 7. The van der Waals surface area contributed by atoms with E-state index in [4.69, 9.17) is 0 Å². The molecule has 8 nitrogen and oxygen atoms in total. The Morgan fingerprint density at radius 2 is 2.14 bits per heavy atom. The van der Waals surface area contributed by atoms with Crippen molar-refractivity contribution in [3.05, 3.63) is 47.5 Å². The molecule has 1 fully saturated rings. The van der Waals surface area contributed by atoms with Gasteiger partial charge < -0.3 is 5.32 Å². The summed E-state index contributed by atoms with van der Waals surface area (Å²) in [6.07, 6.45) is 0.102. The first-order chi connectivity index (χ1) is 13.6. The maximum atomic E-state index is 14.1. The van der Waals surface area contributed by atoms with E-state index in [1.807, 2.05) is 13.8 Å². The molecule has 1 aromatic heterocycles. The molecule has 2 atom stereocenters. The number of nitrogens with zero attached hydrogens (tertiary/aromatic N) is 4. The highest BCUT2D eigenvalue weighted by molar-refractivity contribution is 7.88. The highest BCUT2D eigenvalue weighted by Gasteiger charge is 2.40. The van der Waals surface area contributed by atoms with E-state index in [0.717, 1.165) is 10.4 Å². The van der Waals surface area contributed by atoms with Crippen LogP contribution < -0.4 is 5.32 Å². The molecule has 0 bridgehead atoms. The molecule has 2 heterocycles. The van der Waals surface area contributed by atoms with E-state index in [1.54, 1.807) is 0 Å². The number of alkyl halides is 1. The average molecular weight is 427 g/mol. The lowest BCUT2D eigenvalue weighted by molar-refractivity contribution is 0.0938. The van der Waals surface area contributed by atoms with Gasteiger partial charge >= 0.3 is 0 Å². The van der Waals surface area contributed by atoms with Gasteiger partial charge in [-0.15, -0.1) is 5.10 Å². The zero-order valence-electron chi connectivity index (χ0n) is 16.1. The van der Waals surface area contributed by atoms with E-state index in [9.17, 15) is 22.0 Å². The number of aromatic nitrogens is 3. The second kappa shape index (κ2) is 8.54. The number of amides is 1. The third-order valence-corrected chi connectivity index (χ3v) is 6.36. The standard InChI is InChI=1S/C18H23F2N5O3S/c1-12(2)21-18(26)17-10-24(23-22-17)9-16-7-15(20)8-25(16)29(27,28)11-13-4-3-5-14(19)6-13/h3-6,10,12,15-16H,7-9,11H2,1-2H3,(H,21,26)/t15-,16-/m0/s1. The lowest BCUT2D eigenvalue weighted by atomic mass is 10.2. The van der Waals surface area contributed by atoms with Gasteiger partial charge in [-0.1, -0.05) is 17.3 Å². The molecule has 1 aromatic carbocycles. The number of benzene rings is 1. The summed E-state index contributed by atoms with van der Waals surface area (Å²) in [7, 11) is -3.87. The van der Waals surface area contributed by atoms with Gasteiger partial charge in [-0.3, -0.25) is 9.48 Å². The number of carbonyl (C=O) groups excluding carboxylic acids is 1. The van der Waals surface area contributed by atoms with Gasteiger partial charge in [0, 0.05) is 18.6 Å². The number of hydrogen-bond acceptors (Lipinski definition) is 5. The number of sulfonamides is 1. The number of hydrogen-bond donors (Lipinski definition) is 1. The molecule has 1 aliphatic rings. The molecule has 1 saturated heterocycles. The molecule has 0 saturated carbocycles. The van der Waals surface area contributed by atoms with Crippen LogP contribution in [-0.2, 0) is 22.3 Å². The molecule has 1 aliphatic heterocycles. The van der Waals surface area contributed by atoms with Crippen molar-refractivity contribution in [3.63, 3.8) is 0 Å². The number of nitrogens with one attached hydrogen (secondary N) is 1. The van der Waals surface area contributed by atoms with Crippen molar-refractivity contribution in [3.8, 4) is 0 Å². The molecule has 29 heavy (non-hydrogen) atoms. The Kier molecular flexibility index (Phi) is 6.27. The third kappa shape index (κ3) is 5.36. The van der Waals surface area contributed by atoms with E-state index < -0.39 is 39.7 Å². The molecule has 0 radical (unpaired) electrons. The molecule has 158 valence electrons. The molecule has 1 amide bonds. The highest BCUT2D eigenvalue weighted by Crippen LogP contribution is 2.27. The number of halogens is 2. The second-order valence-corrected chi connectivity index (χ2v) is 9.32. The van der Waals surface area contributed by atoms with Crippen molar-refractivity contribution in [1.29, 1.82) is 0 Å². The fourth-order valence-electron chi connectivity index (χ4n) is 3.30. The van der Waals surface area contributed by atoms with Crippen LogP contribution in [0.2, 0.25) is 0 Å². The van der Waals surface area contributed by atoms with E-state index >= 15 is 0 Å². The molecule has 3 rings (SSSR count). The zero-order chi connectivity index (χ0) is 21.2. The maximum Gasteiger partial charge on any atom is 0.273 e. The van der Waals surface area contributed by atoms with Crippen LogP contribution in [0.15, 0.2) is 30.5 Å². The minimum Gasteiger partial charge on any atom is -0.348 e. The average Bonchev–Trinajstić information content (AvgIpc) is 3.21. The molecular formula is C18H23F2N5O3S. The van der Waals surface area contributed by atoms with Crippen LogP contribution in [0.25, 0.3) is 0 Å². The molecule has 0 aliphatic carbocycles. The molecule has 0 spiro atoms. The first-order valence-electron chi connectivity index (χ1n) is 9.23. The largest absolute Gasteiger partial charge is 0.348 e. The predicted octanol–water partition coefficient (Wildman–Crippen LogP) is 1.50. The van der Waals surface area contributed by atoms with Crippen molar-refractivity contribution in [2.75, 3.05) is 6.54 Å². The number of carbonyl (C=O) groups is 1. The van der Waals surface area contributed by atoms with Gasteiger partial charge in [-0.2, -0.15) is 4.31 Å². The smallest absolute Gasteiger partial charge is 0.273 e. The van der Waals surface area contributed by atoms with Crippen LogP contribution in [0.3, 0.4) is 0 Å². The Bertz CT molecular complexity index is 979. The van der Waals surface area contributed by atoms with Gasteiger partial charge in [0.25, 0.3) is 5.91 Å². The second-order valence-electron chi connectivity index (χ2n) is 7.40. The Labute approximate surface area is 167 Å². The molecule has 0 unspecified atom stereocenters. The van der Waals surface area contributed by atoms with Gasteiger partial charge in [-0.05, 0) is 38.0 Å². The topological polar surface area (TPSA) is 97.2 Å². The van der Waals surface area contributed by atoms with Gasteiger partial charge in [0.1, 0.15) is 12.0 Å². The van der Waals surface area contributed by atoms with Crippen molar-refractivity contribution in [1.82, 2.24) is 24.6 Å². The van der Waals surface area contributed by atoms with Crippen molar-refractivity contribution in [2.24, 2.45) is 0 Å². The Morgan fingerprint density at radius 3 is 2.83 bits per heavy atom. The van der Waals surface area contributed by atoms with Crippen LogP contribution in [0.1, 0.15) is 36.3 Å². The van der Waals surface area contributed by atoms with E-state index in [1.165, 1.54) is 29.1 Å². The van der Waals surface area contributed by atoms with E-state index in [0.29, 0.717) is 5.56 Å². The normalized spacial score (nSPS) is 20.3. The van der Waals surface area contributed by atoms with Gasteiger partial charge in [-0.25, -0.2) is 17.2 Å². The summed E-state index contributed by atoms with van der Waals surface area (Å²) in [5, 5.41) is 10.3. The Balaban J connectivity index is 1.73. The summed E-state index contributed by atoms with van der Waals surface area (Å²) in [5.74, 6) is -1.35. The lowest BCUT2D eigenvalue weighted by Crippen LogP contribution is -2.39. The van der Waals surface area contributed by atoms with Gasteiger partial charge in [0.05, 0.1) is 18.5 Å². The Hall–Kier alpha value is -2.40. The van der Waals surface area contributed by atoms with Gasteiger partial charge in [0.2, 0.25) is 10.0 Å². The Morgan fingerprint density at radius 1 is 1.38 bits per heavy atom. The molecule has 1 N–H and O–H groups in total. The minimum absolute atomic E-state index is 0.00969. The first-order valence-corrected chi connectivity index (χ1v) is 10.8. The third-order valence-electron chi connectivity index (χ3n) is 4.50. The highest BCUT2D eigenvalue weighted by atomic mass is 32.2. The van der Waals surface area contributed by atoms with Crippen molar-refractivity contribution in [2.45, 2.75) is 50.8 Å². The van der Waals surface area contributed by atoms with Crippen molar-refractivity contribution >= 4 is 15.9 Å². The summed E-state index contributed by atoms with van der Waals surface area (Å²) in [6, 6.07) is 4.56. The molecule has 11 heteroatoms. The summed E-state index contributed by atoms with van der Waals surface area (Å²) in [4.78, 5) is 12.0. The minimum atomic E-state index is -3.87. The van der Waals surface area contributed by atoms with Crippen LogP contribution in [0, 0.1) is 5.82 Å². The summed E-state index contributed by atoms with van der Waals surface area (Å²) in [5.41, 5.74) is 0.391. The monoisotopic (exact) mass is 427 g/mol. The van der Waals surface area contributed by atoms with E-state index in [-0.39, 0.29) is 31.2 Å². The summed E-state index contributed by atoms with van der Waals surface area (Å²) in [6.45, 7) is 3.41. The summed E-state index contributed by atoms with van der Waals surface area (Å²) >= 11 is 0. The van der Waals surface area contributed by atoms with Crippen LogP contribution in [0.5, 0.6) is 0 Å². The summed E-state index contributed by atoms with van der Waals surface area (Å²) < 4.78 is 55.5. The van der Waals surface area contributed by atoms with Crippen LogP contribution >= 0.6 is 0 Å². The lowest BCUT2D eigenvalue weighted by Gasteiger charge is -2.23. The quantitative estimate of drug-likeness (QED) is 0.722. The molecular weight excluding hydrogens is 404 g/mol. The maximum absolute atomic E-state index is 14.1. The van der Waals surface area contributed by atoms with E-state index in [2.05, 4.69) is 15.6 Å². The van der Waals surface area contributed by atoms with Crippen LogP contribution in [0.4, 0.5) is 8.78 Å². The zero-order valence-corrected chi connectivity index (χ0v) is 16.9. The first kappa shape index (κ1) is 21.3. The van der Waals surface area contributed by atoms with Crippen LogP contribution in [-0.4, -0.2) is 58.4 Å².